The third-order valence-electron chi connectivity index (χ3n) is 5.30. The SMILES string of the molecule is Cc1csc(C(=O)N2C[C@@H]3COC[C@]3(CC(=O)NCc3cccs3)C2)c1. The lowest BCUT2D eigenvalue weighted by atomic mass is 9.78. The van der Waals surface area contributed by atoms with Gasteiger partial charge in [-0.3, -0.25) is 9.59 Å². The summed E-state index contributed by atoms with van der Waals surface area (Å²) in [5.41, 5.74) is 0.866. The van der Waals surface area contributed by atoms with Crippen molar-refractivity contribution in [1.82, 2.24) is 10.2 Å². The zero-order valence-corrected chi connectivity index (χ0v) is 16.3. The van der Waals surface area contributed by atoms with E-state index in [1.54, 1.807) is 11.3 Å². The number of carbonyl (C=O) groups excluding carboxylic acids is 2. The Morgan fingerprint density at radius 2 is 2.31 bits per heavy atom. The molecule has 0 radical (unpaired) electrons. The minimum absolute atomic E-state index is 0.0372. The normalized spacial score (nSPS) is 24.7. The molecule has 0 aromatic carbocycles. The van der Waals surface area contributed by atoms with Crippen LogP contribution in [0.5, 0.6) is 0 Å². The van der Waals surface area contributed by atoms with Crippen molar-refractivity contribution in [1.29, 1.82) is 0 Å². The number of likely N-dealkylation sites (tertiary alicyclic amines) is 1. The summed E-state index contributed by atoms with van der Waals surface area (Å²) in [7, 11) is 0. The smallest absolute Gasteiger partial charge is 0.263 e. The van der Waals surface area contributed by atoms with Crippen molar-refractivity contribution in [3.05, 3.63) is 44.3 Å². The first kappa shape index (κ1) is 17.7. The van der Waals surface area contributed by atoms with Gasteiger partial charge in [0, 0.05) is 35.7 Å². The van der Waals surface area contributed by atoms with Crippen LogP contribution in [0.1, 0.15) is 26.5 Å². The number of thiophene rings is 2. The van der Waals surface area contributed by atoms with E-state index in [-0.39, 0.29) is 23.1 Å². The number of nitrogens with one attached hydrogen (secondary N) is 1. The minimum atomic E-state index is -0.249. The van der Waals surface area contributed by atoms with Crippen LogP contribution >= 0.6 is 22.7 Å². The summed E-state index contributed by atoms with van der Waals surface area (Å²) in [6, 6.07) is 5.94. The zero-order chi connectivity index (χ0) is 18.1. The first-order chi connectivity index (χ1) is 12.6. The molecule has 7 heteroatoms. The molecule has 4 heterocycles. The van der Waals surface area contributed by atoms with E-state index >= 15 is 0 Å². The third-order valence-corrected chi connectivity index (χ3v) is 7.21. The fourth-order valence-electron chi connectivity index (χ4n) is 3.92. The summed E-state index contributed by atoms with van der Waals surface area (Å²) < 4.78 is 5.69. The Morgan fingerprint density at radius 3 is 3.04 bits per heavy atom. The average molecular weight is 391 g/mol. The van der Waals surface area contributed by atoms with Gasteiger partial charge in [-0.25, -0.2) is 0 Å². The van der Waals surface area contributed by atoms with E-state index in [0.29, 0.717) is 39.3 Å². The number of fused-ring (bicyclic) bond motifs is 1. The van der Waals surface area contributed by atoms with E-state index in [2.05, 4.69) is 5.32 Å². The van der Waals surface area contributed by atoms with Gasteiger partial charge in [-0.15, -0.1) is 22.7 Å². The topological polar surface area (TPSA) is 58.6 Å². The van der Waals surface area contributed by atoms with E-state index in [1.165, 1.54) is 11.3 Å². The lowest BCUT2D eigenvalue weighted by molar-refractivity contribution is -0.123. The zero-order valence-electron chi connectivity index (χ0n) is 14.7. The monoisotopic (exact) mass is 390 g/mol. The van der Waals surface area contributed by atoms with Crippen LogP contribution < -0.4 is 5.32 Å². The first-order valence-electron chi connectivity index (χ1n) is 8.77. The Hall–Kier alpha value is -1.70. The molecule has 4 rings (SSSR count). The Labute approximate surface area is 161 Å². The average Bonchev–Trinajstić information content (AvgIpc) is 3.36. The van der Waals surface area contributed by atoms with Gasteiger partial charge in [0.15, 0.2) is 0 Å². The highest BCUT2D eigenvalue weighted by Crippen LogP contribution is 2.44. The number of carbonyl (C=O) groups is 2. The molecule has 0 unspecified atom stereocenters. The molecule has 2 saturated heterocycles. The molecular formula is C19H22N2O3S2. The van der Waals surface area contributed by atoms with Crippen LogP contribution in [0, 0.1) is 18.3 Å². The maximum absolute atomic E-state index is 12.8. The van der Waals surface area contributed by atoms with Crippen molar-refractivity contribution >= 4 is 34.5 Å². The molecule has 26 heavy (non-hydrogen) atoms. The van der Waals surface area contributed by atoms with Gasteiger partial charge >= 0.3 is 0 Å². The van der Waals surface area contributed by atoms with Gasteiger partial charge in [-0.1, -0.05) is 6.07 Å². The number of hydrogen-bond donors (Lipinski definition) is 1. The van der Waals surface area contributed by atoms with Crippen molar-refractivity contribution in [2.45, 2.75) is 19.9 Å². The van der Waals surface area contributed by atoms with Gasteiger partial charge in [0.1, 0.15) is 0 Å². The lowest BCUT2D eigenvalue weighted by Crippen LogP contribution is -2.38. The number of hydrogen-bond acceptors (Lipinski definition) is 5. The van der Waals surface area contributed by atoms with E-state index in [1.807, 2.05) is 40.8 Å². The molecule has 2 aliphatic heterocycles. The highest BCUT2D eigenvalue weighted by atomic mass is 32.1. The van der Waals surface area contributed by atoms with Gasteiger partial charge in [0.2, 0.25) is 5.91 Å². The fourth-order valence-corrected chi connectivity index (χ4v) is 5.43. The van der Waals surface area contributed by atoms with Crippen LogP contribution in [0.25, 0.3) is 0 Å². The predicted octanol–water partition coefficient (Wildman–Crippen LogP) is 2.91. The maximum Gasteiger partial charge on any atom is 0.263 e. The molecular weight excluding hydrogens is 368 g/mol. The first-order valence-corrected chi connectivity index (χ1v) is 10.5. The van der Waals surface area contributed by atoms with Gasteiger partial charge in [0.25, 0.3) is 5.91 Å². The minimum Gasteiger partial charge on any atom is -0.380 e. The Morgan fingerprint density at radius 1 is 1.42 bits per heavy atom. The van der Waals surface area contributed by atoms with Crippen LogP contribution in [0.3, 0.4) is 0 Å². The summed E-state index contributed by atoms with van der Waals surface area (Å²) in [5.74, 6) is 0.353. The van der Waals surface area contributed by atoms with Crippen molar-refractivity contribution in [3.8, 4) is 0 Å². The highest BCUT2D eigenvalue weighted by molar-refractivity contribution is 7.12. The molecule has 0 saturated carbocycles. The van der Waals surface area contributed by atoms with Crippen molar-refractivity contribution in [2.24, 2.45) is 11.3 Å². The number of nitrogens with zero attached hydrogens (tertiary/aromatic N) is 1. The summed E-state index contributed by atoms with van der Waals surface area (Å²) in [6.45, 7) is 5.02. The molecule has 2 atom stereocenters. The quantitative estimate of drug-likeness (QED) is 0.854. The second kappa shape index (κ2) is 7.13. The van der Waals surface area contributed by atoms with Crippen LogP contribution in [0.2, 0.25) is 0 Å². The van der Waals surface area contributed by atoms with Gasteiger partial charge in [-0.05, 0) is 35.4 Å². The molecule has 2 aliphatic rings. The fraction of sp³-hybridized carbons (Fsp3) is 0.474. The van der Waals surface area contributed by atoms with Crippen LogP contribution in [0.15, 0.2) is 29.0 Å². The van der Waals surface area contributed by atoms with E-state index < -0.39 is 0 Å². The molecule has 1 N–H and O–H groups in total. The second-order valence-corrected chi connectivity index (χ2v) is 9.22. The number of amides is 2. The highest BCUT2D eigenvalue weighted by Gasteiger charge is 2.52. The number of rotatable bonds is 5. The van der Waals surface area contributed by atoms with E-state index in [0.717, 1.165) is 15.3 Å². The molecule has 0 bridgehead atoms. The number of ether oxygens (including phenoxy) is 1. The Bertz CT molecular complexity index is 802. The summed E-state index contributed by atoms with van der Waals surface area (Å²) >= 11 is 3.13. The van der Waals surface area contributed by atoms with Crippen molar-refractivity contribution < 1.29 is 14.3 Å². The second-order valence-electron chi connectivity index (χ2n) is 7.28. The van der Waals surface area contributed by atoms with Crippen molar-refractivity contribution in [3.63, 3.8) is 0 Å². The lowest BCUT2D eigenvalue weighted by Gasteiger charge is -2.26. The third kappa shape index (κ3) is 3.43. The van der Waals surface area contributed by atoms with Crippen LogP contribution in [0.4, 0.5) is 0 Å². The van der Waals surface area contributed by atoms with Crippen LogP contribution in [-0.2, 0) is 16.1 Å². The molecule has 0 aliphatic carbocycles. The summed E-state index contributed by atoms with van der Waals surface area (Å²) in [5, 5.41) is 7.02. The largest absolute Gasteiger partial charge is 0.380 e. The molecule has 2 aromatic heterocycles. The van der Waals surface area contributed by atoms with Crippen molar-refractivity contribution in [2.75, 3.05) is 26.3 Å². The Balaban J connectivity index is 1.41. The molecule has 0 spiro atoms. The molecule has 2 amide bonds. The maximum atomic E-state index is 12.8. The molecule has 2 fully saturated rings. The number of aryl methyl sites for hydroxylation is 1. The standard InChI is InChI=1S/C19H22N2O3S2/c1-13-5-16(26-10-13)18(23)21-8-14-9-24-12-19(14,11-21)6-17(22)20-7-15-3-2-4-25-15/h2-5,10,14H,6-9,11-12H2,1H3,(H,20,22)/t14-,19+/m1/s1. The summed E-state index contributed by atoms with van der Waals surface area (Å²) in [6.07, 6.45) is 0.413. The molecule has 138 valence electrons. The van der Waals surface area contributed by atoms with Gasteiger partial charge in [0.05, 0.1) is 24.6 Å². The van der Waals surface area contributed by atoms with Gasteiger partial charge < -0.3 is 15.0 Å². The van der Waals surface area contributed by atoms with E-state index in [4.69, 9.17) is 4.74 Å². The predicted molar refractivity (Wildman–Crippen MR) is 102 cm³/mol. The van der Waals surface area contributed by atoms with Crippen LogP contribution in [-0.4, -0.2) is 43.0 Å². The molecule has 2 aromatic rings. The Kier molecular flexibility index (Phi) is 4.86. The van der Waals surface area contributed by atoms with E-state index in [9.17, 15) is 9.59 Å². The molecule has 5 nitrogen and oxygen atoms in total. The summed E-state index contributed by atoms with van der Waals surface area (Å²) in [4.78, 5) is 29.1. The van der Waals surface area contributed by atoms with Gasteiger partial charge in [-0.2, -0.15) is 0 Å².